The van der Waals surface area contributed by atoms with Crippen LogP contribution in [0.4, 0.5) is 5.69 Å². The van der Waals surface area contributed by atoms with E-state index < -0.39 is 0 Å². The molecule has 0 spiro atoms. The number of nitrogens with one attached hydrogen (secondary N) is 2. The van der Waals surface area contributed by atoms with Crippen molar-refractivity contribution in [1.29, 1.82) is 0 Å². The number of nitrogens with zero attached hydrogens (tertiary/aromatic N) is 1. The molecule has 0 aliphatic rings. The number of anilines is 1. The second kappa shape index (κ2) is 7.42. The van der Waals surface area contributed by atoms with Crippen LogP contribution in [0.1, 0.15) is 11.1 Å². The van der Waals surface area contributed by atoms with Crippen molar-refractivity contribution < 1.29 is 4.79 Å². The summed E-state index contributed by atoms with van der Waals surface area (Å²) in [5, 5.41) is 9.43. The Kier molecular flexibility index (Phi) is 4.87. The average Bonchev–Trinajstić information content (AvgIpc) is 2.61. The number of rotatable bonds is 5. The number of fused-ring (bicyclic) bond motifs is 1. The van der Waals surface area contributed by atoms with Crippen molar-refractivity contribution in [3.05, 3.63) is 77.9 Å². The maximum Gasteiger partial charge on any atom is 0.259 e. The van der Waals surface area contributed by atoms with Gasteiger partial charge in [0.25, 0.3) is 5.91 Å². The predicted octanol–water partition coefficient (Wildman–Crippen LogP) is 3.71. The molecule has 3 rings (SSSR count). The number of hydrogen-bond acceptors (Lipinski definition) is 3. The van der Waals surface area contributed by atoms with E-state index in [-0.39, 0.29) is 12.5 Å². The molecule has 0 saturated heterocycles. The Balaban J connectivity index is 1.54. The Bertz CT molecular complexity index is 887. The van der Waals surface area contributed by atoms with Crippen LogP contribution in [0.5, 0.6) is 0 Å². The fourth-order valence-electron chi connectivity index (χ4n) is 2.43. The van der Waals surface area contributed by atoms with Gasteiger partial charge in [-0.1, -0.05) is 54.6 Å². The van der Waals surface area contributed by atoms with Crippen LogP contribution in [0.3, 0.4) is 0 Å². The summed E-state index contributed by atoms with van der Waals surface area (Å²) in [5.41, 5.74) is 5.54. The number of amides is 1. The second-order valence-corrected chi connectivity index (χ2v) is 5.57. The molecule has 0 bridgehead atoms. The highest BCUT2D eigenvalue weighted by Gasteiger charge is 2.01. The average molecular weight is 317 g/mol. The lowest BCUT2D eigenvalue weighted by molar-refractivity contribution is -0.119. The monoisotopic (exact) mass is 317 g/mol. The van der Waals surface area contributed by atoms with Crippen LogP contribution in [0.25, 0.3) is 10.8 Å². The molecule has 120 valence electrons. The van der Waals surface area contributed by atoms with E-state index in [0.29, 0.717) is 0 Å². The van der Waals surface area contributed by atoms with Crippen molar-refractivity contribution >= 4 is 28.6 Å². The summed E-state index contributed by atoms with van der Waals surface area (Å²) in [4.78, 5) is 11.9. The summed E-state index contributed by atoms with van der Waals surface area (Å²) in [5.74, 6) is -0.187. The van der Waals surface area contributed by atoms with Crippen molar-refractivity contribution in [1.82, 2.24) is 5.43 Å². The SMILES string of the molecule is Cc1ccccc1C=NNC(=O)CNc1ccc2ccccc2c1. The summed E-state index contributed by atoms with van der Waals surface area (Å²) in [6.45, 7) is 2.17. The van der Waals surface area contributed by atoms with Gasteiger partial charge in [-0.2, -0.15) is 5.10 Å². The summed E-state index contributed by atoms with van der Waals surface area (Å²) >= 11 is 0. The first-order chi connectivity index (χ1) is 11.7. The first-order valence-electron chi connectivity index (χ1n) is 7.82. The van der Waals surface area contributed by atoms with Crippen molar-refractivity contribution in [2.45, 2.75) is 6.92 Å². The van der Waals surface area contributed by atoms with Gasteiger partial charge in [0, 0.05) is 5.69 Å². The Morgan fingerprint density at radius 3 is 2.58 bits per heavy atom. The predicted molar refractivity (Wildman–Crippen MR) is 99.4 cm³/mol. The van der Waals surface area contributed by atoms with Gasteiger partial charge in [-0.15, -0.1) is 0 Å². The Hall–Kier alpha value is -3.14. The van der Waals surface area contributed by atoms with Crippen molar-refractivity contribution in [2.24, 2.45) is 5.10 Å². The molecule has 0 heterocycles. The Labute approximate surface area is 141 Å². The lowest BCUT2D eigenvalue weighted by Gasteiger charge is -2.06. The number of hydrazone groups is 1. The summed E-state index contributed by atoms with van der Waals surface area (Å²) in [7, 11) is 0. The van der Waals surface area contributed by atoms with Gasteiger partial charge in [0.2, 0.25) is 0 Å². The Morgan fingerprint density at radius 2 is 1.75 bits per heavy atom. The van der Waals surface area contributed by atoms with Crippen LogP contribution in [-0.2, 0) is 4.79 Å². The zero-order chi connectivity index (χ0) is 16.8. The molecule has 0 aromatic heterocycles. The van der Waals surface area contributed by atoms with Gasteiger partial charge in [-0.25, -0.2) is 5.43 Å². The molecule has 0 aliphatic heterocycles. The Morgan fingerprint density at radius 1 is 1.00 bits per heavy atom. The van der Waals surface area contributed by atoms with Gasteiger partial charge in [-0.3, -0.25) is 4.79 Å². The third-order valence-corrected chi connectivity index (χ3v) is 3.78. The molecule has 4 nitrogen and oxygen atoms in total. The summed E-state index contributed by atoms with van der Waals surface area (Å²) < 4.78 is 0. The van der Waals surface area contributed by atoms with E-state index in [9.17, 15) is 4.79 Å². The molecule has 3 aromatic carbocycles. The molecule has 2 N–H and O–H groups in total. The van der Waals surface area contributed by atoms with Gasteiger partial charge in [0.1, 0.15) is 0 Å². The van der Waals surface area contributed by atoms with Crippen LogP contribution >= 0.6 is 0 Å². The molecule has 0 aliphatic carbocycles. The fraction of sp³-hybridized carbons (Fsp3) is 0.100. The quantitative estimate of drug-likeness (QED) is 0.557. The summed E-state index contributed by atoms with van der Waals surface area (Å²) in [6.07, 6.45) is 1.66. The zero-order valence-corrected chi connectivity index (χ0v) is 13.5. The third kappa shape index (κ3) is 3.98. The van der Waals surface area contributed by atoms with Gasteiger partial charge in [-0.05, 0) is 41.0 Å². The molecular weight excluding hydrogens is 298 g/mol. The zero-order valence-electron chi connectivity index (χ0n) is 13.5. The van der Waals surface area contributed by atoms with Crippen molar-refractivity contribution in [2.75, 3.05) is 11.9 Å². The highest BCUT2D eigenvalue weighted by molar-refractivity contribution is 5.88. The van der Waals surface area contributed by atoms with E-state index in [0.717, 1.165) is 22.2 Å². The standard InChI is InChI=1S/C20H19N3O/c1-15-6-2-3-9-18(15)13-22-23-20(24)14-21-19-11-10-16-7-4-5-8-17(16)12-19/h2-13,21H,14H2,1H3,(H,23,24). The number of carbonyl (C=O) groups is 1. The molecule has 0 unspecified atom stereocenters. The van der Waals surface area contributed by atoms with Gasteiger partial charge >= 0.3 is 0 Å². The normalized spacial score (nSPS) is 10.9. The number of carbonyl (C=O) groups excluding carboxylic acids is 1. The number of hydrogen-bond donors (Lipinski definition) is 2. The van der Waals surface area contributed by atoms with Crippen LogP contribution in [0, 0.1) is 6.92 Å². The lowest BCUT2D eigenvalue weighted by Crippen LogP contribution is -2.25. The van der Waals surface area contributed by atoms with Crippen LogP contribution in [0.2, 0.25) is 0 Å². The van der Waals surface area contributed by atoms with Gasteiger partial charge < -0.3 is 5.32 Å². The summed E-state index contributed by atoms with van der Waals surface area (Å²) in [6, 6.07) is 22.0. The molecule has 0 atom stereocenters. The first kappa shape index (κ1) is 15.7. The van der Waals surface area contributed by atoms with E-state index in [4.69, 9.17) is 0 Å². The smallest absolute Gasteiger partial charge is 0.259 e. The van der Waals surface area contributed by atoms with E-state index in [2.05, 4.69) is 21.9 Å². The van der Waals surface area contributed by atoms with E-state index in [1.165, 1.54) is 5.39 Å². The molecule has 1 amide bonds. The maximum atomic E-state index is 11.9. The maximum absolute atomic E-state index is 11.9. The van der Waals surface area contributed by atoms with E-state index in [1.54, 1.807) is 6.21 Å². The lowest BCUT2D eigenvalue weighted by atomic mass is 10.1. The molecule has 24 heavy (non-hydrogen) atoms. The number of benzene rings is 3. The highest BCUT2D eigenvalue weighted by atomic mass is 16.2. The molecule has 0 radical (unpaired) electrons. The van der Waals surface area contributed by atoms with Gasteiger partial charge in [0.05, 0.1) is 12.8 Å². The first-order valence-corrected chi connectivity index (χ1v) is 7.82. The largest absolute Gasteiger partial charge is 0.376 e. The number of aryl methyl sites for hydroxylation is 1. The highest BCUT2D eigenvalue weighted by Crippen LogP contribution is 2.18. The third-order valence-electron chi connectivity index (χ3n) is 3.78. The van der Waals surface area contributed by atoms with E-state index in [1.807, 2.05) is 67.6 Å². The van der Waals surface area contributed by atoms with Crippen LogP contribution in [0.15, 0.2) is 71.8 Å². The van der Waals surface area contributed by atoms with Gasteiger partial charge in [0.15, 0.2) is 0 Å². The molecular formula is C20H19N3O. The molecule has 3 aromatic rings. The topological polar surface area (TPSA) is 53.5 Å². The molecule has 0 saturated carbocycles. The van der Waals surface area contributed by atoms with Crippen LogP contribution < -0.4 is 10.7 Å². The minimum absolute atomic E-state index is 0.170. The van der Waals surface area contributed by atoms with E-state index >= 15 is 0 Å². The second-order valence-electron chi connectivity index (χ2n) is 5.57. The van der Waals surface area contributed by atoms with Crippen LogP contribution in [-0.4, -0.2) is 18.7 Å². The van der Waals surface area contributed by atoms with Crippen molar-refractivity contribution in [3.8, 4) is 0 Å². The molecule has 4 heteroatoms. The van der Waals surface area contributed by atoms with Crippen molar-refractivity contribution in [3.63, 3.8) is 0 Å². The minimum atomic E-state index is -0.187. The minimum Gasteiger partial charge on any atom is -0.376 e. The fourth-order valence-corrected chi connectivity index (χ4v) is 2.43. The molecule has 0 fully saturated rings.